The summed E-state index contributed by atoms with van der Waals surface area (Å²) < 4.78 is 0. The van der Waals surface area contributed by atoms with E-state index in [9.17, 15) is 5.11 Å². The van der Waals surface area contributed by atoms with Crippen LogP contribution < -0.4 is 0 Å². The third-order valence-electron chi connectivity index (χ3n) is 2.01. The summed E-state index contributed by atoms with van der Waals surface area (Å²) in [4.78, 5) is 0. The average molecular weight is 219 g/mol. The van der Waals surface area contributed by atoms with Crippen LogP contribution in [0.3, 0.4) is 0 Å². The number of rotatable bonds is 2. The molecule has 1 N–H and O–H groups in total. The Morgan fingerprint density at radius 3 is 2.00 bits per heavy atom. The molecule has 1 unspecified atom stereocenters. The van der Waals surface area contributed by atoms with Crippen molar-refractivity contribution in [1.29, 1.82) is 0 Å². The summed E-state index contributed by atoms with van der Waals surface area (Å²) in [6.07, 6.45) is 5.55. The maximum atomic E-state index is 9.97. The Kier molecular flexibility index (Phi) is 3.60. The fourth-order valence-electron chi connectivity index (χ4n) is 0.682. The Bertz CT molecular complexity index is 163. The lowest BCUT2D eigenvalue weighted by molar-refractivity contribution is -0.0308. The van der Waals surface area contributed by atoms with E-state index in [2.05, 4.69) is 21.9 Å². The van der Waals surface area contributed by atoms with Crippen LogP contribution in [-0.4, -0.2) is 16.0 Å². The van der Waals surface area contributed by atoms with Gasteiger partial charge in [-0.05, 0) is 5.41 Å². The molecular weight excluding hydrogens is 204 g/mol. The van der Waals surface area contributed by atoms with Crippen LogP contribution in [0.15, 0.2) is 0 Å². The van der Waals surface area contributed by atoms with Gasteiger partial charge in [-0.25, -0.2) is 0 Å². The molecule has 0 rings (SSSR count). The minimum Gasteiger partial charge on any atom is -0.387 e. The summed E-state index contributed by atoms with van der Waals surface area (Å²) in [7, 11) is 0. The molecule has 64 valence electrons. The smallest absolute Gasteiger partial charge is 0.0900 e. The van der Waals surface area contributed by atoms with Gasteiger partial charge in [0, 0.05) is 11.8 Å². The molecule has 0 spiro atoms. The third-order valence-corrected chi connectivity index (χ3v) is 2.94. The van der Waals surface area contributed by atoms with Crippen molar-refractivity contribution in [3.05, 3.63) is 0 Å². The van der Waals surface area contributed by atoms with Crippen molar-refractivity contribution in [2.45, 2.75) is 32.8 Å². The van der Waals surface area contributed by atoms with E-state index in [0.717, 1.165) is 0 Å². The lowest BCUT2D eigenvalue weighted by Gasteiger charge is -2.37. The molecule has 0 heterocycles. The second-order valence-corrected chi connectivity index (χ2v) is 4.36. The summed E-state index contributed by atoms with van der Waals surface area (Å²) in [5, 5.41) is 10.5. The minimum absolute atomic E-state index is 0.178. The van der Waals surface area contributed by atoms with E-state index in [1.165, 1.54) is 0 Å². The first-order valence-corrected chi connectivity index (χ1v) is 4.71. The Hall–Kier alpha value is 0. The first-order valence-electron chi connectivity index (χ1n) is 3.59. The second-order valence-electron chi connectivity index (χ2n) is 3.80. The standard InChI is InChI=1S/C9H15BrO/c1-5-6-9(11,7-10)8(2,3)4/h1,11H,6-7H2,2-4H3. The summed E-state index contributed by atoms with van der Waals surface area (Å²) in [5.41, 5.74) is -0.968. The first kappa shape index (κ1) is 11.0. The monoisotopic (exact) mass is 218 g/mol. The molecule has 0 saturated heterocycles. The van der Waals surface area contributed by atoms with Crippen molar-refractivity contribution in [2.24, 2.45) is 5.41 Å². The van der Waals surface area contributed by atoms with E-state index in [1.807, 2.05) is 20.8 Å². The molecule has 0 aliphatic carbocycles. The van der Waals surface area contributed by atoms with Crippen LogP contribution in [0.2, 0.25) is 0 Å². The number of halogens is 1. The Balaban J connectivity index is 4.49. The molecule has 0 aromatic carbocycles. The fraction of sp³-hybridized carbons (Fsp3) is 0.778. The molecule has 1 atom stereocenters. The van der Waals surface area contributed by atoms with Gasteiger partial charge in [0.2, 0.25) is 0 Å². The van der Waals surface area contributed by atoms with Gasteiger partial charge >= 0.3 is 0 Å². The Labute approximate surface area is 77.3 Å². The van der Waals surface area contributed by atoms with Crippen molar-refractivity contribution >= 4 is 15.9 Å². The van der Waals surface area contributed by atoms with Crippen LogP contribution in [-0.2, 0) is 0 Å². The van der Waals surface area contributed by atoms with E-state index in [4.69, 9.17) is 6.42 Å². The van der Waals surface area contributed by atoms with Gasteiger partial charge in [-0.15, -0.1) is 12.3 Å². The summed E-state index contributed by atoms with van der Waals surface area (Å²) in [6.45, 7) is 5.93. The number of hydrogen-bond donors (Lipinski definition) is 1. The summed E-state index contributed by atoms with van der Waals surface area (Å²) in [6, 6.07) is 0. The lowest BCUT2D eigenvalue weighted by Crippen LogP contribution is -2.44. The quantitative estimate of drug-likeness (QED) is 0.557. The number of aliphatic hydroxyl groups is 1. The van der Waals surface area contributed by atoms with Gasteiger partial charge in [0.15, 0.2) is 0 Å². The van der Waals surface area contributed by atoms with E-state index < -0.39 is 5.60 Å². The molecule has 0 aromatic rings. The maximum absolute atomic E-state index is 9.97. The third kappa shape index (κ3) is 2.50. The van der Waals surface area contributed by atoms with Gasteiger partial charge in [0.05, 0.1) is 5.60 Å². The van der Waals surface area contributed by atoms with Crippen molar-refractivity contribution in [2.75, 3.05) is 5.33 Å². The molecule has 0 fully saturated rings. The zero-order valence-corrected chi connectivity index (χ0v) is 8.90. The van der Waals surface area contributed by atoms with Crippen LogP contribution in [0.5, 0.6) is 0 Å². The number of hydrogen-bond acceptors (Lipinski definition) is 1. The van der Waals surface area contributed by atoms with Crippen molar-refractivity contribution < 1.29 is 5.11 Å². The summed E-state index contributed by atoms with van der Waals surface area (Å²) >= 11 is 3.26. The topological polar surface area (TPSA) is 20.2 Å². The fourth-order valence-corrected chi connectivity index (χ4v) is 1.72. The van der Waals surface area contributed by atoms with E-state index in [-0.39, 0.29) is 5.41 Å². The van der Waals surface area contributed by atoms with E-state index in [1.54, 1.807) is 0 Å². The van der Waals surface area contributed by atoms with Crippen LogP contribution in [0.25, 0.3) is 0 Å². The molecule has 0 radical (unpaired) electrons. The van der Waals surface area contributed by atoms with Crippen LogP contribution >= 0.6 is 15.9 Å². The normalized spacial score (nSPS) is 17.1. The van der Waals surface area contributed by atoms with Gasteiger partial charge in [0.1, 0.15) is 0 Å². The predicted octanol–water partition coefficient (Wildman–Crippen LogP) is 2.18. The highest BCUT2D eigenvalue weighted by Gasteiger charge is 2.38. The zero-order chi connectivity index (χ0) is 9.12. The highest BCUT2D eigenvalue weighted by Crippen LogP contribution is 2.34. The van der Waals surface area contributed by atoms with E-state index >= 15 is 0 Å². The highest BCUT2D eigenvalue weighted by molar-refractivity contribution is 9.09. The molecule has 1 nitrogen and oxygen atoms in total. The number of alkyl halides is 1. The van der Waals surface area contributed by atoms with Gasteiger partial charge in [-0.1, -0.05) is 36.7 Å². The van der Waals surface area contributed by atoms with E-state index in [0.29, 0.717) is 11.8 Å². The van der Waals surface area contributed by atoms with Gasteiger partial charge in [0.25, 0.3) is 0 Å². The largest absolute Gasteiger partial charge is 0.387 e. The second kappa shape index (κ2) is 3.60. The lowest BCUT2D eigenvalue weighted by atomic mass is 9.76. The molecular formula is C9H15BrO. The Morgan fingerprint density at radius 2 is 1.91 bits per heavy atom. The molecule has 11 heavy (non-hydrogen) atoms. The SMILES string of the molecule is C#CCC(O)(CBr)C(C)(C)C. The summed E-state index contributed by atoms with van der Waals surface area (Å²) in [5.74, 6) is 2.49. The molecule has 0 bridgehead atoms. The van der Waals surface area contributed by atoms with Crippen molar-refractivity contribution in [1.82, 2.24) is 0 Å². The molecule has 0 aromatic heterocycles. The molecule has 0 amide bonds. The maximum Gasteiger partial charge on any atom is 0.0900 e. The minimum atomic E-state index is -0.790. The van der Waals surface area contributed by atoms with Crippen LogP contribution in [0.4, 0.5) is 0 Å². The molecule has 2 heteroatoms. The van der Waals surface area contributed by atoms with Crippen molar-refractivity contribution in [3.8, 4) is 12.3 Å². The van der Waals surface area contributed by atoms with Crippen LogP contribution in [0, 0.1) is 17.8 Å². The first-order chi connectivity index (χ1) is 4.87. The highest BCUT2D eigenvalue weighted by atomic mass is 79.9. The van der Waals surface area contributed by atoms with Crippen LogP contribution in [0.1, 0.15) is 27.2 Å². The molecule has 0 saturated carbocycles. The van der Waals surface area contributed by atoms with Crippen molar-refractivity contribution in [3.63, 3.8) is 0 Å². The van der Waals surface area contributed by atoms with Gasteiger partial charge < -0.3 is 5.11 Å². The predicted molar refractivity (Wildman–Crippen MR) is 51.6 cm³/mol. The Morgan fingerprint density at radius 1 is 1.45 bits per heavy atom. The zero-order valence-electron chi connectivity index (χ0n) is 7.32. The van der Waals surface area contributed by atoms with Gasteiger partial charge in [-0.3, -0.25) is 0 Å². The van der Waals surface area contributed by atoms with Gasteiger partial charge in [-0.2, -0.15) is 0 Å². The molecule has 0 aliphatic heterocycles. The molecule has 0 aliphatic rings. The average Bonchev–Trinajstić information content (AvgIpc) is 1.86. The number of terminal acetylenes is 1.